The van der Waals surface area contributed by atoms with Gasteiger partial charge in [0, 0.05) is 26.5 Å². The van der Waals surface area contributed by atoms with E-state index < -0.39 is 0 Å². The molecular weight excluding hydrogens is 124 g/mol. The molecule has 0 fully saturated rings. The molecular formula is C8H22N2. The van der Waals surface area contributed by atoms with E-state index >= 15 is 0 Å². The maximum absolute atomic E-state index is 5.01. The molecule has 0 aliphatic carbocycles. The molecule has 0 aliphatic heterocycles. The molecule has 2 heteroatoms. The van der Waals surface area contributed by atoms with Gasteiger partial charge in [0.2, 0.25) is 0 Å². The van der Waals surface area contributed by atoms with Gasteiger partial charge in [0.1, 0.15) is 0 Å². The van der Waals surface area contributed by atoms with Crippen LogP contribution in [0.2, 0.25) is 0 Å². The summed E-state index contributed by atoms with van der Waals surface area (Å²) in [6.07, 6.45) is 3.28. The van der Waals surface area contributed by atoms with Crippen molar-refractivity contribution in [1.82, 2.24) is 4.90 Å². The molecule has 0 heterocycles. The van der Waals surface area contributed by atoms with Crippen LogP contribution in [0.1, 0.15) is 27.7 Å². The first kappa shape index (κ1) is 16.2. The monoisotopic (exact) mass is 146 g/mol. The third kappa shape index (κ3) is 53.9. The number of rotatable bonds is 1. The zero-order valence-electron chi connectivity index (χ0n) is 8.18. The van der Waals surface area contributed by atoms with Gasteiger partial charge in [0.25, 0.3) is 0 Å². The SMILES string of the molecule is CC.CC.CN(C)/C=C\N. The second-order valence-corrected chi connectivity index (χ2v) is 1.31. The minimum atomic E-state index is 1.50. The summed E-state index contributed by atoms with van der Waals surface area (Å²) in [5.74, 6) is 0. The predicted octanol–water partition coefficient (Wildman–Crippen LogP) is 2.03. The molecule has 0 aromatic heterocycles. The van der Waals surface area contributed by atoms with E-state index in [-0.39, 0.29) is 0 Å². The zero-order valence-corrected chi connectivity index (χ0v) is 8.18. The van der Waals surface area contributed by atoms with Gasteiger partial charge in [-0.3, -0.25) is 0 Å². The highest BCUT2D eigenvalue weighted by molar-refractivity contribution is 4.70. The average molecular weight is 146 g/mol. The Bertz CT molecular complexity index is 49.2. The Morgan fingerprint density at radius 3 is 1.30 bits per heavy atom. The summed E-state index contributed by atoms with van der Waals surface area (Å²) in [6, 6.07) is 0. The van der Waals surface area contributed by atoms with Crippen molar-refractivity contribution in [2.75, 3.05) is 14.1 Å². The van der Waals surface area contributed by atoms with Crippen LogP contribution < -0.4 is 5.73 Å². The molecule has 0 bridgehead atoms. The fourth-order valence-corrected chi connectivity index (χ4v) is 0.172. The number of hydrogen-bond donors (Lipinski definition) is 1. The average Bonchev–Trinajstić information content (AvgIpc) is 1.96. The Hall–Kier alpha value is -0.660. The molecule has 10 heavy (non-hydrogen) atoms. The molecule has 0 atom stereocenters. The first-order valence-electron chi connectivity index (χ1n) is 3.82. The predicted molar refractivity (Wildman–Crippen MR) is 49.7 cm³/mol. The van der Waals surface area contributed by atoms with Crippen molar-refractivity contribution >= 4 is 0 Å². The van der Waals surface area contributed by atoms with Crippen molar-refractivity contribution in [3.63, 3.8) is 0 Å². The third-order valence-corrected chi connectivity index (χ3v) is 0.384. The van der Waals surface area contributed by atoms with E-state index in [2.05, 4.69) is 0 Å². The Morgan fingerprint density at radius 1 is 1.00 bits per heavy atom. The zero-order chi connectivity index (χ0) is 8.99. The van der Waals surface area contributed by atoms with E-state index in [1.807, 2.05) is 46.7 Å². The summed E-state index contributed by atoms with van der Waals surface area (Å²) < 4.78 is 0. The van der Waals surface area contributed by atoms with Crippen LogP contribution in [-0.4, -0.2) is 19.0 Å². The lowest BCUT2D eigenvalue weighted by Gasteiger charge is -1.99. The van der Waals surface area contributed by atoms with E-state index in [1.54, 1.807) is 6.20 Å². The van der Waals surface area contributed by atoms with Crippen molar-refractivity contribution in [3.8, 4) is 0 Å². The molecule has 0 saturated carbocycles. The molecule has 0 amide bonds. The van der Waals surface area contributed by atoms with Gasteiger partial charge in [-0.2, -0.15) is 0 Å². The molecule has 0 spiro atoms. The standard InChI is InChI=1S/C4H10N2.2C2H6/c1-6(2)4-3-5;2*1-2/h3-4H,5H2,1-2H3;2*1-2H3/b4-3-;;. The molecule has 2 N–H and O–H groups in total. The van der Waals surface area contributed by atoms with Crippen molar-refractivity contribution < 1.29 is 0 Å². The van der Waals surface area contributed by atoms with Crippen LogP contribution in [0, 0.1) is 0 Å². The molecule has 0 aromatic carbocycles. The second-order valence-electron chi connectivity index (χ2n) is 1.31. The van der Waals surface area contributed by atoms with E-state index in [0.717, 1.165) is 0 Å². The highest BCUT2D eigenvalue weighted by atomic mass is 15.0. The van der Waals surface area contributed by atoms with Crippen LogP contribution in [0.5, 0.6) is 0 Å². The lowest BCUT2D eigenvalue weighted by molar-refractivity contribution is 0.562. The number of nitrogens with zero attached hydrogens (tertiary/aromatic N) is 1. The molecule has 0 radical (unpaired) electrons. The van der Waals surface area contributed by atoms with Gasteiger partial charge in [-0.05, 0) is 0 Å². The van der Waals surface area contributed by atoms with E-state index in [4.69, 9.17) is 5.73 Å². The minimum absolute atomic E-state index is 1.50. The molecule has 2 nitrogen and oxygen atoms in total. The van der Waals surface area contributed by atoms with Crippen molar-refractivity contribution in [2.24, 2.45) is 5.73 Å². The van der Waals surface area contributed by atoms with Crippen LogP contribution in [-0.2, 0) is 0 Å². The summed E-state index contributed by atoms with van der Waals surface area (Å²) in [5, 5.41) is 0. The van der Waals surface area contributed by atoms with Gasteiger partial charge < -0.3 is 10.6 Å². The first-order valence-corrected chi connectivity index (χ1v) is 3.82. The smallest absolute Gasteiger partial charge is 0.0143 e. The highest BCUT2D eigenvalue weighted by Gasteiger charge is 1.66. The maximum atomic E-state index is 5.01. The van der Waals surface area contributed by atoms with E-state index in [9.17, 15) is 0 Å². The molecule has 0 unspecified atom stereocenters. The van der Waals surface area contributed by atoms with Crippen molar-refractivity contribution in [3.05, 3.63) is 12.4 Å². The second kappa shape index (κ2) is 23.9. The maximum Gasteiger partial charge on any atom is 0.0143 e. The van der Waals surface area contributed by atoms with E-state index in [0.29, 0.717) is 0 Å². The van der Waals surface area contributed by atoms with Gasteiger partial charge in [-0.15, -0.1) is 0 Å². The van der Waals surface area contributed by atoms with Gasteiger partial charge in [-0.25, -0.2) is 0 Å². The van der Waals surface area contributed by atoms with Crippen LogP contribution in [0.15, 0.2) is 12.4 Å². The topological polar surface area (TPSA) is 29.3 Å². The summed E-state index contributed by atoms with van der Waals surface area (Å²) in [7, 11) is 3.84. The van der Waals surface area contributed by atoms with Crippen molar-refractivity contribution in [2.45, 2.75) is 27.7 Å². The fraction of sp³-hybridized carbons (Fsp3) is 0.750. The number of nitrogens with two attached hydrogens (primary N) is 1. The van der Waals surface area contributed by atoms with Crippen LogP contribution >= 0.6 is 0 Å². The minimum Gasteiger partial charge on any atom is -0.403 e. The van der Waals surface area contributed by atoms with E-state index in [1.165, 1.54) is 6.20 Å². The summed E-state index contributed by atoms with van der Waals surface area (Å²) in [4.78, 5) is 1.88. The van der Waals surface area contributed by atoms with Gasteiger partial charge >= 0.3 is 0 Å². The van der Waals surface area contributed by atoms with Crippen LogP contribution in [0.3, 0.4) is 0 Å². The van der Waals surface area contributed by atoms with Gasteiger partial charge in [0.15, 0.2) is 0 Å². The molecule has 0 rings (SSSR count). The highest BCUT2D eigenvalue weighted by Crippen LogP contribution is 1.67. The van der Waals surface area contributed by atoms with Crippen LogP contribution in [0.25, 0.3) is 0 Å². The van der Waals surface area contributed by atoms with Crippen molar-refractivity contribution in [1.29, 1.82) is 0 Å². The Labute approximate surface area is 65.7 Å². The molecule has 0 aromatic rings. The molecule has 64 valence electrons. The fourth-order valence-electron chi connectivity index (χ4n) is 0.172. The third-order valence-electron chi connectivity index (χ3n) is 0.384. The summed E-state index contributed by atoms with van der Waals surface area (Å²) in [5.41, 5.74) is 5.01. The lowest BCUT2D eigenvalue weighted by atomic mass is 10.8. The number of hydrogen-bond acceptors (Lipinski definition) is 2. The first-order chi connectivity index (χ1) is 4.77. The van der Waals surface area contributed by atoms with Gasteiger partial charge in [0.05, 0.1) is 0 Å². The Morgan fingerprint density at radius 2 is 1.30 bits per heavy atom. The largest absolute Gasteiger partial charge is 0.403 e. The quantitative estimate of drug-likeness (QED) is 0.613. The normalized spacial score (nSPS) is 7.00. The lowest BCUT2D eigenvalue weighted by Crippen LogP contribution is -2.01. The Kier molecular flexibility index (Phi) is 38.6. The molecule has 0 saturated heterocycles. The molecule has 0 aliphatic rings. The summed E-state index contributed by atoms with van der Waals surface area (Å²) in [6.45, 7) is 8.00. The summed E-state index contributed by atoms with van der Waals surface area (Å²) >= 11 is 0. The Balaban J connectivity index is -0.000000105. The van der Waals surface area contributed by atoms with Gasteiger partial charge in [-0.1, -0.05) is 27.7 Å². The van der Waals surface area contributed by atoms with Crippen LogP contribution in [0.4, 0.5) is 0 Å².